The van der Waals surface area contributed by atoms with Crippen molar-refractivity contribution in [2.24, 2.45) is 11.3 Å². The fourth-order valence-corrected chi connectivity index (χ4v) is 3.53. The van der Waals surface area contributed by atoms with E-state index in [9.17, 15) is 8.42 Å². The van der Waals surface area contributed by atoms with Crippen molar-refractivity contribution in [3.8, 4) is 0 Å². The van der Waals surface area contributed by atoms with Crippen molar-refractivity contribution < 1.29 is 8.42 Å². The third-order valence-electron chi connectivity index (χ3n) is 2.28. The lowest BCUT2D eigenvalue weighted by Gasteiger charge is -2.28. The molecule has 104 valence electrons. The molecule has 0 bridgehead atoms. The molecule has 0 fully saturated rings. The van der Waals surface area contributed by atoms with Gasteiger partial charge in [0, 0.05) is 19.0 Å². The molecule has 0 radical (unpaired) electrons. The summed E-state index contributed by atoms with van der Waals surface area (Å²) in [6.45, 7) is 7.20. The highest BCUT2D eigenvalue weighted by atomic mass is 35.5. The summed E-state index contributed by atoms with van der Waals surface area (Å²) in [5.74, 6) is 0.433. The highest BCUT2D eigenvalue weighted by molar-refractivity contribution is 7.89. The van der Waals surface area contributed by atoms with E-state index in [-0.39, 0.29) is 17.1 Å². The Morgan fingerprint density at radius 2 is 1.88 bits per heavy atom. The van der Waals surface area contributed by atoms with Crippen LogP contribution in [0.5, 0.6) is 0 Å². The molecule has 17 heavy (non-hydrogen) atoms. The highest BCUT2D eigenvalue weighted by Gasteiger charge is 2.22. The van der Waals surface area contributed by atoms with Gasteiger partial charge in [0.15, 0.2) is 0 Å². The van der Waals surface area contributed by atoms with E-state index in [1.54, 1.807) is 0 Å². The summed E-state index contributed by atoms with van der Waals surface area (Å²) in [5, 5.41) is 0. The molecule has 0 saturated heterocycles. The molecule has 0 saturated carbocycles. The second-order valence-electron chi connectivity index (χ2n) is 5.76. The maximum Gasteiger partial charge on any atom is 0.211 e. The van der Waals surface area contributed by atoms with Crippen LogP contribution in [0.4, 0.5) is 0 Å². The molecular weight excluding hydrogens is 260 g/mol. The van der Waals surface area contributed by atoms with Crippen molar-refractivity contribution >= 4 is 21.6 Å². The summed E-state index contributed by atoms with van der Waals surface area (Å²) < 4.78 is 26.2. The number of sulfonamides is 1. The van der Waals surface area contributed by atoms with Crippen LogP contribution in [0.2, 0.25) is 0 Å². The minimum atomic E-state index is -3.21. The first-order valence-electron chi connectivity index (χ1n) is 5.76. The van der Waals surface area contributed by atoms with Crippen molar-refractivity contribution in [2.45, 2.75) is 20.8 Å². The van der Waals surface area contributed by atoms with Gasteiger partial charge in [0.25, 0.3) is 0 Å². The van der Waals surface area contributed by atoms with E-state index in [1.165, 1.54) is 0 Å². The molecule has 0 aromatic heterocycles. The maximum atomic E-state index is 11.7. The SMILES string of the molecule is CC(CCl)CS(=O)(=O)NCC(C)(C)CN(C)C. The fraction of sp³-hybridized carbons (Fsp3) is 1.00. The molecular formula is C11H25ClN2O2S. The predicted molar refractivity (Wildman–Crippen MR) is 74.0 cm³/mol. The van der Waals surface area contributed by atoms with Crippen molar-refractivity contribution in [3.05, 3.63) is 0 Å². The van der Waals surface area contributed by atoms with E-state index in [0.29, 0.717) is 12.4 Å². The van der Waals surface area contributed by atoms with Gasteiger partial charge in [0.1, 0.15) is 0 Å². The Morgan fingerprint density at radius 3 is 2.29 bits per heavy atom. The lowest BCUT2D eigenvalue weighted by atomic mass is 9.93. The first-order chi connectivity index (χ1) is 7.58. The van der Waals surface area contributed by atoms with Crippen LogP contribution in [0.15, 0.2) is 0 Å². The first-order valence-corrected chi connectivity index (χ1v) is 7.95. The van der Waals surface area contributed by atoms with Gasteiger partial charge in [-0.1, -0.05) is 20.8 Å². The van der Waals surface area contributed by atoms with E-state index in [2.05, 4.69) is 9.62 Å². The number of halogens is 1. The summed E-state index contributed by atoms with van der Waals surface area (Å²) in [5.41, 5.74) is -0.0826. The molecule has 0 rings (SSSR count). The fourth-order valence-electron chi connectivity index (χ4n) is 1.70. The van der Waals surface area contributed by atoms with Crippen LogP contribution >= 0.6 is 11.6 Å². The van der Waals surface area contributed by atoms with Crippen LogP contribution < -0.4 is 4.72 Å². The van der Waals surface area contributed by atoms with Crippen LogP contribution in [0.25, 0.3) is 0 Å². The normalized spacial score (nSPS) is 15.2. The highest BCUT2D eigenvalue weighted by Crippen LogP contribution is 2.15. The Kier molecular flexibility index (Phi) is 6.99. The van der Waals surface area contributed by atoms with Crippen molar-refractivity contribution in [3.63, 3.8) is 0 Å². The van der Waals surface area contributed by atoms with Gasteiger partial charge in [-0.3, -0.25) is 0 Å². The first kappa shape index (κ1) is 17.2. The van der Waals surface area contributed by atoms with Crippen molar-refractivity contribution in [1.82, 2.24) is 9.62 Å². The Balaban J connectivity index is 4.26. The Hall–Kier alpha value is 0.160. The molecule has 6 heteroatoms. The van der Waals surface area contributed by atoms with Gasteiger partial charge in [-0.25, -0.2) is 13.1 Å². The zero-order chi connectivity index (χ0) is 13.7. The lowest BCUT2D eigenvalue weighted by molar-refractivity contribution is 0.242. The molecule has 0 aliphatic rings. The number of rotatable bonds is 8. The van der Waals surface area contributed by atoms with Crippen LogP contribution in [0, 0.1) is 11.3 Å². The Morgan fingerprint density at radius 1 is 1.35 bits per heavy atom. The number of nitrogens with one attached hydrogen (secondary N) is 1. The Bertz CT molecular complexity index is 315. The molecule has 0 aliphatic heterocycles. The minimum absolute atomic E-state index is 0.0221. The zero-order valence-electron chi connectivity index (χ0n) is 11.5. The van der Waals surface area contributed by atoms with Gasteiger partial charge in [-0.2, -0.15) is 0 Å². The number of alkyl halides is 1. The summed E-state index contributed by atoms with van der Waals surface area (Å²) in [7, 11) is 0.741. The molecule has 1 N–H and O–H groups in total. The van der Waals surface area contributed by atoms with Gasteiger partial charge in [0.05, 0.1) is 5.75 Å². The molecule has 1 unspecified atom stereocenters. The van der Waals surface area contributed by atoms with Crippen LogP contribution in [-0.2, 0) is 10.0 Å². The molecule has 0 amide bonds. The maximum absolute atomic E-state index is 11.7. The summed E-state index contributed by atoms with van der Waals surface area (Å²) in [4.78, 5) is 2.05. The molecule has 4 nitrogen and oxygen atoms in total. The van der Waals surface area contributed by atoms with Gasteiger partial charge in [-0.05, 0) is 25.4 Å². The lowest BCUT2D eigenvalue weighted by Crippen LogP contribution is -2.41. The largest absolute Gasteiger partial charge is 0.309 e. The zero-order valence-corrected chi connectivity index (χ0v) is 13.0. The van der Waals surface area contributed by atoms with E-state index in [1.807, 2.05) is 34.9 Å². The van der Waals surface area contributed by atoms with Crippen LogP contribution in [0.3, 0.4) is 0 Å². The quantitative estimate of drug-likeness (QED) is 0.685. The molecule has 0 aliphatic carbocycles. The third-order valence-corrected chi connectivity index (χ3v) is 4.40. The second kappa shape index (κ2) is 6.92. The van der Waals surface area contributed by atoms with Crippen molar-refractivity contribution in [1.29, 1.82) is 0 Å². The van der Waals surface area contributed by atoms with Crippen LogP contribution in [0.1, 0.15) is 20.8 Å². The topological polar surface area (TPSA) is 49.4 Å². The number of hydrogen-bond acceptors (Lipinski definition) is 3. The molecule has 0 aromatic rings. The third kappa shape index (κ3) is 8.83. The van der Waals surface area contributed by atoms with Crippen molar-refractivity contribution in [2.75, 3.05) is 38.8 Å². The second-order valence-corrected chi connectivity index (χ2v) is 7.92. The van der Waals surface area contributed by atoms with E-state index in [4.69, 9.17) is 11.6 Å². The predicted octanol–water partition coefficient (Wildman–Crippen LogP) is 1.37. The average molecular weight is 285 g/mol. The minimum Gasteiger partial charge on any atom is -0.309 e. The van der Waals surface area contributed by atoms with Crippen LogP contribution in [-0.4, -0.2) is 52.1 Å². The molecule has 0 spiro atoms. The van der Waals surface area contributed by atoms with E-state index < -0.39 is 10.0 Å². The Labute approximate surface area is 111 Å². The monoisotopic (exact) mass is 284 g/mol. The van der Waals surface area contributed by atoms with Gasteiger partial charge >= 0.3 is 0 Å². The summed E-state index contributed by atoms with van der Waals surface area (Å²) in [6, 6.07) is 0. The average Bonchev–Trinajstić information content (AvgIpc) is 2.12. The summed E-state index contributed by atoms with van der Waals surface area (Å²) >= 11 is 5.62. The van der Waals surface area contributed by atoms with Gasteiger partial charge in [-0.15, -0.1) is 11.6 Å². The molecule has 0 heterocycles. The van der Waals surface area contributed by atoms with Gasteiger partial charge in [0.2, 0.25) is 10.0 Å². The summed E-state index contributed by atoms with van der Waals surface area (Å²) in [6.07, 6.45) is 0. The molecule has 0 aromatic carbocycles. The smallest absolute Gasteiger partial charge is 0.211 e. The standard InChI is InChI=1S/C11H25ClN2O2S/c1-10(6-12)7-17(15,16)13-8-11(2,3)9-14(4)5/h10,13H,6-9H2,1-5H3. The van der Waals surface area contributed by atoms with Gasteiger partial charge < -0.3 is 4.90 Å². The number of hydrogen-bond donors (Lipinski definition) is 1. The number of nitrogens with zero attached hydrogens (tertiary/aromatic N) is 1. The van der Waals surface area contributed by atoms with E-state index >= 15 is 0 Å². The molecule has 1 atom stereocenters. The van der Waals surface area contributed by atoms with E-state index in [0.717, 1.165) is 6.54 Å².